The molecular weight excluding hydrogens is 187 g/mol. The number of methoxy groups -OCH3 is 1. The van der Waals surface area contributed by atoms with E-state index in [4.69, 9.17) is 14.6 Å². The van der Waals surface area contributed by atoms with E-state index in [9.17, 15) is 4.39 Å². The Morgan fingerprint density at radius 3 is 2.86 bits per heavy atom. The molecule has 0 aliphatic heterocycles. The van der Waals surface area contributed by atoms with Crippen LogP contribution in [-0.4, -0.2) is 25.4 Å². The summed E-state index contributed by atoms with van der Waals surface area (Å²) >= 11 is 0. The van der Waals surface area contributed by atoms with Crippen LogP contribution >= 0.6 is 0 Å². The Balaban J connectivity index is 2.66. The monoisotopic (exact) mass is 199 g/mol. The largest absolute Gasteiger partial charge is 0.488 e. The third-order valence-electron chi connectivity index (χ3n) is 1.68. The van der Waals surface area contributed by atoms with E-state index in [-0.39, 0.29) is 17.9 Å². The summed E-state index contributed by atoms with van der Waals surface area (Å²) in [6.07, 6.45) is 0. The number of benzene rings is 1. The third-order valence-corrected chi connectivity index (χ3v) is 1.68. The summed E-state index contributed by atoms with van der Waals surface area (Å²) < 4.78 is 23.2. The molecule has 0 saturated heterocycles. The minimum Gasteiger partial charge on any atom is -0.488 e. The van der Waals surface area contributed by atoms with Crippen LogP contribution in [0.1, 0.15) is 5.56 Å². The molecule has 0 aliphatic carbocycles. The molecule has 77 valence electrons. The van der Waals surface area contributed by atoms with Crippen molar-refractivity contribution < 1.29 is 19.0 Å². The second-order valence-corrected chi connectivity index (χ2v) is 2.63. The molecule has 0 atom stereocenters. The highest BCUT2D eigenvalue weighted by atomic mass is 19.1. The van der Waals surface area contributed by atoms with E-state index in [0.717, 1.165) is 0 Å². The third kappa shape index (κ3) is 2.68. The fourth-order valence-electron chi connectivity index (χ4n) is 0.974. The lowest BCUT2D eigenvalue weighted by molar-refractivity contribution is 0.143. The Morgan fingerprint density at radius 1 is 1.43 bits per heavy atom. The van der Waals surface area contributed by atoms with Crippen molar-refractivity contribution in [1.29, 1.82) is 0 Å². The smallest absolute Gasteiger partial charge is 0.170 e. The molecule has 0 heterocycles. The molecule has 14 heavy (non-hydrogen) atoms. The number of rotatable bonds is 5. The van der Waals surface area contributed by atoms with E-state index in [1.54, 1.807) is 6.07 Å². The number of halogens is 1. The van der Waals surface area contributed by atoms with Gasteiger partial charge >= 0.3 is 0 Å². The Labute approximate surface area is 82.1 Å². The fourth-order valence-corrected chi connectivity index (χ4v) is 0.974. The summed E-state index contributed by atoms with van der Waals surface area (Å²) in [4.78, 5) is 0. The van der Waals surface area contributed by atoms with Crippen molar-refractivity contribution in [2.45, 2.75) is 0 Å². The van der Waals surface area contributed by atoms with Gasteiger partial charge in [-0.3, -0.25) is 0 Å². The number of ether oxygens (including phenoxy) is 2. The minimum absolute atomic E-state index is 0.111. The molecule has 0 saturated carbocycles. The maximum absolute atomic E-state index is 13.3. The summed E-state index contributed by atoms with van der Waals surface area (Å²) in [5, 5.41) is 8.67. The summed E-state index contributed by atoms with van der Waals surface area (Å²) in [5.74, 6) is -0.448. The van der Waals surface area contributed by atoms with Crippen LogP contribution in [0.2, 0.25) is 0 Å². The SMILES string of the molecule is COCCOc1cccc([CH]O)c1F. The lowest BCUT2D eigenvalue weighted by Gasteiger charge is -2.08. The molecule has 3 nitrogen and oxygen atoms in total. The van der Waals surface area contributed by atoms with Gasteiger partial charge in [0.25, 0.3) is 0 Å². The quantitative estimate of drug-likeness (QED) is 0.734. The van der Waals surface area contributed by atoms with Crippen molar-refractivity contribution in [3.63, 3.8) is 0 Å². The van der Waals surface area contributed by atoms with Gasteiger partial charge in [0.1, 0.15) is 13.2 Å². The maximum atomic E-state index is 13.3. The molecule has 0 bridgehead atoms. The molecule has 4 heteroatoms. The topological polar surface area (TPSA) is 38.7 Å². The Kier molecular flexibility index (Phi) is 4.35. The molecule has 0 amide bonds. The lowest BCUT2D eigenvalue weighted by atomic mass is 10.2. The molecule has 0 fully saturated rings. The Morgan fingerprint density at radius 2 is 2.21 bits per heavy atom. The zero-order valence-electron chi connectivity index (χ0n) is 7.87. The van der Waals surface area contributed by atoms with Gasteiger partial charge < -0.3 is 14.6 Å². The highest BCUT2D eigenvalue weighted by Gasteiger charge is 2.07. The van der Waals surface area contributed by atoms with Crippen molar-refractivity contribution in [1.82, 2.24) is 0 Å². The molecule has 1 rings (SSSR count). The van der Waals surface area contributed by atoms with Crippen molar-refractivity contribution in [2.24, 2.45) is 0 Å². The van der Waals surface area contributed by atoms with E-state index < -0.39 is 5.82 Å². The normalized spacial score (nSPS) is 10.2. The van der Waals surface area contributed by atoms with E-state index >= 15 is 0 Å². The van der Waals surface area contributed by atoms with Crippen LogP contribution in [0.25, 0.3) is 0 Å². The van der Waals surface area contributed by atoms with Gasteiger partial charge in [-0.15, -0.1) is 0 Å². The van der Waals surface area contributed by atoms with Gasteiger partial charge in [-0.25, -0.2) is 4.39 Å². The highest BCUT2D eigenvalue weighted by Crippen LogP contribution is 2.20. The van der Waals surface area contributed by atoms with Gasteiger partial charge in [-0.05, 0) is 6.07 Å². The fraction of sp³-hybridized carbons (Fsp3) is 0.300. The van der Waals surface area contributed by atoms with Crippen LogP contribution in [0.5, 0.6) is 5.75 Å². The molecule has 0 aliphatic rings. The summed E-state index contributed by atoms with van der Waals surface area (Å²) in [6, 6.07) is 4.56. The van der Waals surface area contributed by atoms with Crippen LogP contribution in [0, 0.1) is 12.4 Å². The first kappa shape index (κ1) is 10.9. The molecule has 1 aromatic rings. The maximum Gasteiger partial charge on any atom is 0.170 e. The Hall–Kier alpha value is -1.13. The first-order valence-electron chi connectivity index (χ1n) is 4.17. The summed E-state index contributed by atoms with van der Waals surface area (Å²) in [6.45, 7) is 1.38. The van der Waals surface area contributed by atoms with E-state index in [1.807, 2.05) is 0 Å². The lowest BCUT2D eigenvalue weighted by Crippen LogP contribution is -2.06. The van der Waals surface area contributed by atoms with E-state index in [1.165, 1.54) is 19.2 Å². The molecule has 1 radical (unpaired) electrons. The molecular formula is C10H12FO3. The standard InChI is InChI=1S/C10H12FO3/c1-13-5-6-14-9-4-2-3-8(7-12)10(9)11/h2-4,7,12H,5-6H2,1H3. The van der Waals surface area contributed by atoms with Gasteiger partial charge in [0.05, 0.1) is 6.61 Å². The number of aliphatic hydroxyl groups is 1. The number of aliphatic hydroxyl groups excluding tert-OH is 1. The molecule has 0 aromatic heterocycles. The van der Waals surface area contributed by atoms with Crippen LogP contribution in [0.15, 0.2) is 18.2 Å². The molecule has 1 aromatic carbocycles. The molecule has 0 unspecified atom stereocenters. The van der Waals surface area contributed by atoms with Gasteiger partial charge in [0.2, 0.25) is 0 Å². The van der Waals surface area contributed by atoms with Gasteiger partial charge in [0, 0.05) is 12.7 Å². The van der Waals surface area contributed by atoms with Gasteiger partial charge in [0.15, 0.2) is 11.6 Å². The minimum atomic E-state index is -0.564. The van der Waals surface area contributed by atoms with Crippen LogP contribution in [0.4, 0.5) is 4.39 Å². The first-order valence-corrected chi connectivity index (χ1v) is 4.17. The van der Waals surface area contributed by atoms with Crippen LogP contribution < -0.4 is 4.74 Å². The molecule has 0 spiro atoms. The zero-order chi connectivity index (χ0) is 10.4. The van der Waals surface area contributed by atoms with Crippen molar-refractivity contribution in [3.8, 4) is 5.75 Å². The highest BCUT2D eigenvalue weighted by molar-refractivity contribution is 5.33. The summed E-state index contributed by atoms with van der Waals surface area (Å²) in [5.41, 5.74) is 0.111. The number of hydrogen-bond acceptors (Lipinski definition) is 3. The Bertz CT molecular complexity index is 289. The van der Waals surface area contributed by atoms with Crippen LogP contribution in [-0.2, 0) is 4.74 Å². The van der Waals surface area contributed by atoms with E-state index in [2.05, 4.69) is 0 Å². The zero-order valence-corrected chi connectivity index (χ0v) is 7.87. The summed E-state index contributed by atoms with van der Waals surface area (Å²) in [7, 11) is 1.54. The second kappa shape index (κ2) is 5.57. The molecule has 1 N–H and O–H groups in total. The first-order chi connectivity index (χ1) is 6.79. The van der Waals surface area contributed by atoms with Crippen molar-refractivity contribution in [2.75, 3.05) is 20.3 Å². The average Bonchev–Trinajstić information content (AvgIpc) is 2.21. The van der Waals surface area contributed by atoms with Crippen molar-refractivity contribution >= 4 is 0 Å². The van der Waals surface area contributed by atoms with Crippen molar-refractivity contribution in [3.05, 3.63) is 36.2 Å². The average molecular weight is 199 g/mol. The second-order valence-electron chi connectivity index (χ2n) is 2.63. The van der Waals surface area contributed by atoms with E-state index in [0.29, 0.717) is 13.2 Å². The predicted molar refractivity (Wildman–Crippen MR) is 49.1 cm³/mol. The van der Waals surface area contributed by atoms with Gasteiger partial charge in [-0.1, -0.05) is 12.1 Å². The predicted octanol–water partition coefficient (Wildman–Crippen LogP) is 1.73. The van der Waals surface area contributed by atoms with Gasteiger partial charge in [-0.2, -0.15) is 0 Å². The van der Waals surface area contributed by atoms with Crippen LogP contribution in [0.3, 0.4) is 0 Å². The number of hydrogen-bond donors (Lipinski definition) is 1.